The third-order valence-corrected chi connectivity index (χ3v) is 8.83. The van der Waals surface area contributed by atoms with E-state index < -0.39 is 16.6 Å². The minimum atomic E-state index is -1.19. The van der Waals surface area contributed by atoms with Crippen LogP contribution in [-0.2, 0) is 10.3 Å². The summed E-state index contributed by atoms with van der Waals surface area (Å²) in [6, 6.07) is 4.49. The normalized spacial score (nSPS) is 30.7. The first-order valence-electron chi connectivity index (χ1n) is 12.3. The Bertz CT molecular complexity index is 951. The number of nitriles is 1. The van der Waals surface area contributed by atoms with Crippen LogP contribution in [0.15, 0.2) is 36.6 Å². The molecule has 1 saturated heterocycles. The number of aromatic nitrogens is 2. The van der Waals surface area contributed by atoms with Gasteiger partial charge in [0.15, 0.2) is 11.4 Å². The van der Waals surface area contributed by atoms with Crippen molar-refractivity contribution >= 4 is 17.4 Å². The largest absolute Gasteiger partial charge is 0.396 e. The van der Waals surface area contributed by atoms with E-state index in [0.29, 0.717) is 17.9 Å². The van der Waals surface area contributed by atoms with Gasteiger partial charge in [-0.05, 0) is 62.0 Å². The van der Waals surface area contributed by atoms with Gasteiger partial charge in [0.1, 0.15) is 6.07 Å². The molecule has 1 aromatic rings. The fourth-order valence-electron chi connectivity index (χ4n) is 6.37. The second-order valence-electron chi connectivity index (χ2n) is 10.5. The number of nitrogens with zero attached hydrogens (tertiary/aromatic N) is 4. The number of hydrogen-bond acceptors (Lipinski definition) is 6. The van der Waals surface area contributed by atoms with Crippen molar-refractivity contribution < 1.29 is 9.84 Å². The lowest BCUT2D eigenvalue weighted by Crippen LogP contribution is -2.49. The van der Waals surface area contributed by atoms with Crippen molar-refractivity contribution in [2.45, 2.75) is 74.4 Å². The Morgan fingerprint density at radius 2 is 1.91 bits per heavy atom. The van der Waals surface area contributed by atoms with Gasteiger partial charge in [-0.1, -0.05) is 37.5 Å². The Labute approximate surface area is 201 Å². The third-order valence-electron chi connectivity index (χ3n) is 8.36. The van der Waals surface area contributed by atoms with Crippen LogP contribution < -0.4 is 4.90 Å². The van der Waals surface area contributed by atoms with Crippen molar-refractivity contribution in [3.63, 3.8) is 0 Å². The van der Waals surface area contributed by atoms with Gasteiger partial charge in [-0.15, -0.1) is 16.7 Å². The summed E-state index contributed by atoms with van der Waals surface area (Å²) >= 11 is 6.59. The van der Waals surface area contributed by atoms with Crippen LogP contribution in [0.5, 0.6) is 0 Å². The van der Waals surface area contributed by atoms with Gasteiger partial charge in [0.25, 0.3) is 0 Å². The summed E-state index contributed by atoms with van der Waals surface area (Å²) in [6.45, 7) is 2.24. The summed E-state index contributed by atoms with van der Waals surface area (Å²) in [5.74, 6) is 1.38. The number of hydrogen-bond donors (Lipinski definition) is 1. The average molecular weight is 469 g/mol. The third kappa shape index (κ3) is 4.20. The number of aliphatic hydroxyl groups is 1. The number of alkyl halides is 1. The van der Waals surface area contributed by atoms with Crippen LogP contribution >= 0.6 is 11.6 Å². The lowest BCUT2D eigenvalue weighted by atomic mass is 9.58. The standard InChI is InChI=1S/C26H33ClN4O2/c27-22-6-2-5-9-26(22,19-28)33-25(7-3-1-4-8-25)21-14-23(30-29-17-21)31-12-10-24(11-13-31)15-20(16-24)18-32/h2,5-6,9,14,17,20,22,32H,1,3-4,7-8,10-13,15-16,18H2/t22?,26-/m1/s1. The summed E-state index contributed by atoms with van der Waals surface area (Å²) in [6.07, 6.45) is 18.7. The molecule has 2 atom stereocenters. The highest BCUT2D eigenvalue weighted by Crippen LogP contribution is 2.53. The Balaban J connectivity index is 1.38. The van der Waals surface area contributed by atoms with E-state index in [0.717, 1.165) is 75.8 Å². The lowest BCUT2D eigenvalue weighted by molar-refractivity contribution is -0.131. The SMILES string of the molecule is N#C[C@]1(OC2(c3cnnc(N4CCC5(CC4)CC(CO)C5)c3)CCCCC2)C=CC=CC1Cl. The van der Waals surface area contributed by atoms with Crippen molar-refractivity contribution in [2.75, 3.05) is 24.6 Å². The molecule has 176 valence electrons. The summed E-state index contributed by atoms with van der Waals surface area (Å²) < 4.78 is 6.74. The van der Waals surface area contributed by atoms with Gasteiger partial charge in [-0.2, -0.15) is 10.4 Å². The van der Waals surface area contributed by atoms with E-state index >= 15 is 0 Å². The molecule has 2 saturated carbocycles. The topological polar surface area (TPSA) is 82.3 Å². The van der Waals surface area contributed by atoms with Gasteiger partial charge >= 0.3 is 0 Å². The highest BCUT2D eigenvalue weighted by molar-refractivity contribution is 6.23. The van der Waals surface area contributed by atoms with E-state index in [4.69, 9.17) is 16.3 Å². The zero-order chi connectivity index (χ0) is 22.9. The second kappa shape index (κ2) is 9.02. The van der Waals surface area contributed by atoms with Crippen LogP contribution in [0.2, 0.25) is 0 Å². The van der Waals surface area contributed by atoms with Crippen LogP contribution in [0.4, 0.5) is 5.82 Å². The van der Waals surface area contributed by atoms with Crippen LogP contribution in [0.25, 0.3) is 0 Å². The maximum atomic E-state index is 10.1. The summed E-state index contributed by atoms with van der Waals surface area (Å²) in [5.41, 5.74) is -0.376. The Morgan fingerprint density at radius 1 is 1.15 bits per heavy atom. The molecule has 0 bridgehead atoms. The number of rotatable bonds is 5. The minimum Gasteiger partial charge on any atom is -0.396 e. The van der Waals surface area contributed by atoms with Gasteiger partial charge in [-0.25, -0.2) is 0 Å². The van der Waals surface area contributed by atoms with Gasteiger partial charge in [0, 0.05) is 25.3 Å². The molecule has 1 aromatic heterocycles. The van der Waals surface area contributed by atoms with E-state index in [9.17, 15) is 10.4 Å². The molecule has 4 aliphatic rings. The first-order valence-corrected chi connectivity index (χ1v) is 12.8. The van der Waals surface area contributed by atoms with Crippen molar-refractivity contribution in [3.05, 3.63) is 42.1 Å². The highest BCUT2D eigenvalue weighted by Gasteiger charge is 2.48. The molecular formula is C26H33ClN4O2. The molecule has 0 amide bonds. The first-order chi connectivity index (χ1) is 16.0. The average Bonchev–Trinajstić information content (AvgIpc) is 2.85. The van der Waals surface area contributed by atoms with Crippen molar-refractivity contribution in [2.24, 2.45) is 11.3 Å². The lowest BCUT2D eigenvalue weighted by Gasteiger charge is -2.52. The maximum absolute atomic E-state index is 10.1. The molecule has 2 heterocycles. The van der Waals surface area contributed by atoms with E-state index in [1.807, 2.05) is 24.4 Å². The number of ether oxygens (including phenoxy) is 1. The van der Waals surface area contributed by atoms with Crippen molar-refractivity contribution in [1.82, 2.24) is 10.2 Å². The number of anilines is 1. The van der Waals surface area contributed by atoms with Gasteiger partial charge in [0.2, 0.25) is 0 Å². The molecule has 3 aliphatic carbocycles. The fraction of sp³-hybridized carbons (Fsp3) is 0.654. The molecule has 3 fully saturated rings. The molecule has 33 heavy (non-hydrogen) atoms. The number of piperidine rings is 1. The summed E-state index contributed by atoms with van der Waals surface area (Å²) in [7, 11) is 0. The van der Waals surface area contributed by atoms with E-state index in [1.54, 1.807) is 6.08 Å². The molecule has 0 aromatic carbocycles. The smallest absolute Gasteiger partial charge is 0.193 e. The maximum Gasteiger partial charge on any atom is 0.193 e. The quantitative estimate of drug-likeness (QED) is 0.634. The van der Waals surface area contributed by atoms with E-state index in [1.165, 1.54) is 6.42 Å². The first kappa shape index (κ1) is 22.8. The van der Waals surface area contributed by atoms with Gasteiger partial charge < -0.3 is 14.7 Å². The molecular weight excluding hydrogens is 436 g/mol. The van der Waals surface area contributed by atoms with Crippen LogP contribution in [0.3, 0.4) is 0 Å². The highest BCUT2D eigenvalue weighted by atomic mass is 35.5. The molecule has 1 aliphatic heterocycles. The predicted molar refractivity (Wildman–Crippen MR) is 128 cm³/mol. The molecule has 1 unspecified atom stereocenters. The molecule has 1 N–H and O–H groups in total. The predicted octanol–water partition coefficient (Wildman–Crippen LogP) is 4.64. The minimum absolute atomic E-state index is 0.319. The molecule has 5 rings (SSSR count). The Hall–Kier alpha value is -1.94. The summed E-state index contributed by atoms with van der Waals surface area (Å²) in [5, 5.41) is 27.8. The molecule has 6 nitrogen and oxygen atoms in total. The van der Waals surface area contributed by atoms with E-state index in [2.05, 4.69) is 27.2 Å². The van der Waals surface area contributed by atoms with Gasteiger partial charge in [0.05, 0.1) is 17.2 Å². The second-order valence-corrected chi connectivity index (χ2v) is 10.9. The summed E-state index contributed by atoms with van der Waals surface area (Å²) in [4.78, 5) is 2.33. The monoisotopic (exact) mass is 468 g/mol. The Kier molecular flexibility index (Phi) is 6.24. The van der Waals surface area contributed by atoms with Crippen molar-refractivity contribution in [1.29, 1.82) is 5.26 Å². The number of aliphatic hydroxyl groups excluding tert-OH is 1. The molecule has 1 spiro atoms. The van der Waals surface area contributed by atoms with Crippen LogP contribution in [0.1, 0.15) is 63.4 Å². The molecule has 7 heteroatoms. The Morgan fingerprint density at radius 3 is 2.58 bits per heavy atom. The van der Waals surface area contributed by atoms with Gasteiger partial charge in [-0.3, -0.25) is 0 Å². The van der Waals surface area contributed by atoms with Crippen molar-refractivity contribution in [3.8, 4) is 6.07 Å². The zero-order valence-electron chi connectivity index (χ0n) is 19.1. The number of halogens is 1. The van der Waals surface area contributed by atoms with Crippen LogP contribution in [-0.4, -0.2) is 46.0 Å². The zero-order valence-corrected chi connectivity index (χ0v) is 19.9. The molecule has 0 radical (unpaired) electrons. The van der Waals surface area contributed by atoms with E-state index in [-0.39, 0.29) is 0 Å². The van der Waals surface area contributed by atoms with Crippen LogP contribution in [0, 0.1) is 22.7 Å². The fourth-order valence-corrected chi connectivity index (χ4v) is 6.62. The number of allylic oxidation sites excluding steroid dienone is 2.